The highest BCUT2D eigenvalue weighted by molar-refractivity contribution is 7.12. The Morgan fingerprint density at radius 2 is 2.15 bits per heavy atom. The van der Waals surface area contributed by atoms with E-state index in [2.05, 4.69) is 10.6 Å². The second-order valence-electron chi connectivity index (χ2n) is 4.40. The van der Waals surface area contributed by atoms with Gasteiger partial charge in [-0.1, -0.05) is 18.2 Å². The van der Waals surface area contributed by atoms with E-state index in [0.717, 1.165) is 0 Å². The summed E-state index contributed by atoms with van der Waals surface area (Å²) in [6.45, 7) is -0.126. The van der Waals surface area contributed by atoms with Gasteiger partial charge in [-0.25, -0.2) is 0 Å². The second kappa shape index (κ2) is 6.33. The van der Waals surface area contributed by atoms with Crippen LogP contribution in [0.15, 0.2) is 29.7 Å². The predicted molar refractivity (Wildman–Crippen MR) is 73.5 cm³/mol. The van der Waals surface area contributed by atoms with Crippen LogP contribution < -0.4 is 10.6 Å². The molecule has 6 nitrogen and oxygen atoms in total. The molecule has 2 amide bonds. The van der Waals surface area contributed by atoms with Crippen molar-refractivity contribution >= 4 is 29.1 Å². The number of carboxylic acid groups (broad SMARTS) is 1. The monoisotopic (exact) mass is 294 g/mol. The van der Waals surface area contributed by atoms with Crippen LogP contribution in [0.4, 0.5) is 0 Å². The van der Waals surface area contributed by atoms with Crippen LogP contribution in [0.25, 0.3) is 0 Å². The van der Waals surface area contributed by atoms with Crippen molar-refractivity contribution in [2.24, 2.45) is 5.92 Å². The molecule has 2 rings (SSSR count). The van der Waals surface area contributed by atoms with E-state index in [4.69, 9.17) is 5.11 Å². The molecule has 3 N–H and O–H groups in total. The standard InChI is InChI=1S/C13H14N2O4S/c16-11(7-14-12(17)10-2-1-5-20-10)15-9-4-3-8(6-9)13(18)19/h1-5,8-9H,6-7H2,(H,14,17)(H,15,16)(H,18,19). The molecule has 2 unspecified atom stereocenters. The van der Waals surface area contributed by atoms with Crippen LogP contribution in [0, 0.1) is 5.92 Å². The van der Waals surface area contributed by atoms with Crippen molar-refractivity contribution in [1.82, 2.24) is 10.6 Å². The lowest BCUT2D eigenvalue weighted by Gasteiger charge is -2.12. The summed E-state index contributed by atoms with van der Waals surface area (Å²) < 4.78 is 0. The first-order valence-electron chi connectivity index (χ1n) is 6.08. The molecule has 7 heteroatoms. The van der Waals surface area contributed by atoms with E-state index < -0.39 is 11.9 Å². The maximum Gasteiger partial charge on any atom is 0.310 e. The number of hydrogen-bond acceptors (Lipinski definition) is 4. The molecule has 1 aliphatic carbocycles. The number of rotatable bonds is 5. The molecule has 1 aromatic rings. The quantitative estimate of drug-likeness (QED) is 0.694. The van der Waals surface area contributed by atoms with Gasteiger partial charge in [0.25, 0.3) is 5.91 Å². The highest BCUT2D eigenvalue weighted by Crippen LogP contribution is 2.17. The van der Waals surface area contributed by atoms with Crippen LogP contribution in [0.3, 0.4) is 0 Å². The van der Waals surface area contributed by atoms with Gasteiger partial charge in [-0.05, 0) is 17.9 Å². The van der Waals surface area contributed by atoms with Crippen molar-refractivity contribution in [3.63, 3.8) is 0 Å². The molecule has 0 bridgehead atoms. The van der Waals surface area contributed by atoms with Crippen LogP contribution in [0.1, 0.15) is 16.1 Å². The molecule has 0 saturated heterocycles. The summed E-state index contributed by atoms with van der Waals surface area (Å²) in [6.07, 6.45) is 3.58. The van der Waals surface area contributed by atoms with Gasteiger partial charge in [0.2, 0.25) is 5.91 Å². The Morgan fingerprint density at radius 3 is 2.75 bits per heavy atom. The van der Waals surface area contributed by atoms with Crippen LogP contribution in [0.5, 0.6) is 0 Å². The number of hydrogen-bond donors (Lipinski definition) is 3. The third-order valence-electron chi connectivity index (χ3n) is 2.90. The van der Waals surface area contributed by atoms with Crippen molar-refractivity contribution in [2.75, 3.05) is 6.54 Å². The lowest BCUT2D eigenvalue weighted by molar-refractivity contribution is -0.140. The molecular formula is C13H14N2O4S. The molecule has 0 aliphatic heterocycles. The van der Waals surface area contributed by atoms with Gasteiger partial charge in [0.15, 0.2) is 0 Å². The van der Waals surface area contributed by atoms with E-state index in [0.29, 0.717) is 11.3 Å². The summed E-state index contributed by atoms with van der Waals surface area (Å²) >= 11 is 1.30. The average molecular weight is 294 g/mol. The van der Waals surface area contributed by atoms with Gasteiger partial charge in [0.1, 0.15) is 0 Å². The number of carbonyl (C=O) groups excluding carboxylic acids is 2. The largest absolute Gasteiger partial charge is 0.481 e. The van der Waals surface area contributed by atoms with Crippen molar-refractivity contribution in [3.8, 4) is 0 Å². The Morgan fingerprint density at radius 1 is 1.35 bits per heavy atom. The minimum atomic E-state index is -0.899. The van der Waals surface area contributed by atoms with Gasteiger partial charge in [-0.3, -0.25) is 14.4 Å². The molecule has 0 radical (unpaired) electrons. The first-order chi connectivity index (χ1) is 9.56. The van der Waals surface area contributed by atoms with Crippen LogP contribution in [-0.4, -0.2) is 35.5 Å². The topological polar surface area (TPSA) is 95.5 Å². The van der Waals surface area contributed by atoms with Crippen molar-refractivity contribution in [3.05, 3.63) is 34.5 Å². The van der Waals surface area contributed by atoms with Gasteiger partial charge in [-0.2, -0.15) is 0 Å². The molecule has 2 atom stereocenters. The van der Waals surface area contributed by atoms with Crippen molar-refractivity contribution in [1.29, 1.82) is 0 Å². The number of thiophene rings is 1. The third kappa shape index (κ3) is 3.67. The van der Waals surface area contributed by atoms with Gasteiger partial charge in [0, 0.05) is 6.04 Å². The Bertz CT molecular complexity index is 539. The Balaban J connectivity index is 1.73. The minimum absolute atomic E-state index is 0.126. The molecular weight excluding hydrogens is 280 g/mol. The Hall–Kier alpha value is -2.15. The maximum atomic E-state index is 11.6. The van der Waals surface area contributed by atoms with Gasteiger partial charge < -0.3 is 15.7 Å². The fourth-order valence-electron chi connectivity index (χ4n) is 1.90. The molecule has 106 valence electrons. The maximum absolute atomic E-state index is 11.6. The molecule has 0 fully saturated rings. The highest BCUT2D eigenvalue weighted by atomic mass is 32.1. The number of amides is 2. The molecule has 20 heavy (non-hydrogen) atoms. The zero-order chi connectivity index (χ0) is 14.5. The molecule has 0 saturated carbocycles. The molecule has 1 heterocycles. The zero-order valence-electron chi connectivity index (χ0n) is 10.5. The molecule has 0 spiro atoms. The van der Waals surface area contributed by atoms with E-state index in [1.807, 2.05) is 0 Å². The van der Waals surface area contributed by atoms with Crippen LogP contribution >= 0.6 is 11.3 Å². The highest BCUT2D eigenvalue weighted by Gasteiger charge is 2.25. The number of carboxylic acids is 1. The zero-order valence-corrected chi connectivity index (χ0v) is 11.4. The normalized spacial score (nSPS) is 20.6. The van der Waals surface area contributed by atoms with Gasteiger partial charge in [0.05, 0.1) is 17.3 Å². The predicted octanol–water partition coefficient (Wildman–Crippen LogP) is 0.623. The van der Waals surface area contributed by atoms with Crippen LogP contribution in [-0.2, 0) is 9.59 Å². The van der Waals surface area contributed by atoms with Gasteiger partial charge >= 0.3 is 5.97 Å². The lowest BCUT2D eigenvalue weighted by Crippen LogP contribution is -2.41. The SMILES string of the molecule is O=C(CNC(=O)c1cccs1)NC1C=CC(C(=O)O)C1. The van der Waals surface area contributed by atoms with Crippen molar-refractivity contribution in [2.45, 2.75) is 12.5 Å². The minimum Gasteiger partial charge on any atom is -0.481 e. The van der Waals surface area contributed by atoms with E-state index >= 15 is 0 Å². The fourth-order valence-corrected chi connectivity index (χ4v) is 2.54. The Kier molecular flexibility index (Phi) is 4.52. The van der Waals surface area contributed by atoms with Crippen LogP contribution in [0.2, 0.25) is 0 Å². The first-order valence-corrected chi connectivity index (χ1v) is 6.96. The van der Waals surface area contributed by atoms with Gasteiger partial charge in [-0.15, -0.1) is 11.3 Å². The summed E-state index contributed by atoms with van der Waals surface area (Å²) in [5, 5.41) is 15.8. The summed E-state index contributed by atoms with van der Waals surface area (Å²) in [4.78, 5) is 34.6. The van der Waals surface area contributed by atoms with E-state index in [1.54, 1.807) is 29.7 Å². The van der Waals surface area contributed by atoms with E-state index in [1.165, 1.54) is 11.3 Å². The summed E-state index contributed by atoms with van der Waals surface area (Å²) in [5.41, 5.74) is 0. The second-order valence-corrected chi connectivity index (χ2v) is 5.35. The lowest BCUT2D eigenvalue weighted by atomic mass is 10.1. The summed E-state index contributed by atoms with van der Waals surface area (Å²) in [6, 6.07) is 3.15. The Labute approximate surface area is 119 Å². The molecule has 1 aromatic heterocycles. The smallest absolute Gasteiger partial charge is 0.310 e. The summed E-state index contributed by atoms with van der Waals surface area (Å²) in [7, 11) is 0. The fraction of sp³-hybridized carbons (Fsp3) is 0.308. The number of carbonyl (C=O) groups is 3. The third-order valence-corrected chi connectivity index (χ3v) is 3.77. The van der Waals surface area contributed by atoms with Crippen molar-refractivity contribution < 1.29 is 19.5 Å². The number of aliphatic carboxylic acids is 1. The first kappa shape index (κ1) is 14.3. The number of nitrogens with one attached hydrogen (secondary N) is 2. The van der Waals surface area contributed by atoms with E-state index in [9.17, 15) is 14.4 Å². The average Bonchev–Trinajstić information content (AvgIpc) is 3.06. The molecule has 0 aromatic carbocycles. The van der Waals surface area contributed by atoms with E-state index in [-0.39, 0.29) is 24.4 Å². The summed E-state index contributed by atoms with van der Waals surface area (Å²) in [5.74, 6) is -2.08. The molecule has 1 aliphatic rings.